The molecule has 4 rings (SSSR count). The fourth-order valence-corrected chi connectivity index (χ4v) is 3.65. The van der Waals surface area contributed by atoms with Crippen LogP contribution in [0.15, 0.2) is 24.5 Å². The van der Waals surface area contributed by atoms with Crippen molar-refractivity contribution in [1.29, 1.82) is 0 Å². The van der Waals surface area contributed by atoms with Gasteiger partial charge in [-0.15, -0.1) is 5.10 Å². The maximum Gasteiger partial charge on any atom is 0.414 e. The molecule has 3 heterocycles. The third-order valence-corrected chi connectivity index (χ3v) is 5.19. The molecule has 1 aromatic carbocycles. The minimum Gasteiger partial charge on any atom is -0.442 e. The number of benzene rings is 1. The van der Waals surface area contributed by atoms with Crippen LogP contribution < -0.4 is 4.90 Å². The van der Waals surface area contributed by atoms with Crippen molar-refractivity contribution < 1.29 is 32.6 Å². The fourth-order valence-electron chi connectivity index (χ4n) is 3.65. The Morgan fingerprint density at radius 2 is 2.10 bits per heavy atom. The van der Waals surface area contributed by atoms with Crippen LogP contribution in [-0.4, -0.2) is 69.3 Å². The second kappa shape index (κ2) is 8.38. The monoisotopic (exact) mass is 437 g/mol. The lowest BCUT2D eigenvalue weighted by Gasteiger charge is -2.26. The van der Waals surface area contributed by atoms with E-state index in [1.807, 2.05) is 0 Å². The fraction of sp³-hybridized carbons (Fsp3) is 0.368. The summed E-state index contributed by atoms with van der Waals surface area (Å²) in [7, 11) is 0. The van der Waals surface area contributed by atoms with Crippen molar-refractivity contribution in [2.75, 3.05) is 31.1 Å². The van der Waals surface area contributed by atoms with E-state index in [0.29, 0.717) is 0 Å². The van der Waals surface area contributed by atoms with E-state index in [9.17, 15) is 22.8 Å². The molecule has 1 fully saturated rings. The van der Waals surface area contributed by atoms with E-state index >= 15 is 0 Å². The third kappa shape index (κ3) is 3.98. The van der Waals surface area contributed by atoms with Crippen molar-refractivity contribution in [2.24, 2.45) is 0 Å². The highest BCUT2D eigenvalue weighted by Gasteiger charge is 2.36. The van der Waals surface area contributed by atoms with E-state index in [1.54, 1.807) is 6.20 Å². The largest absolute Gasteiger partial charge is 0.442 e. The summed E-state index contributed by atoms with van der Waals surface area (Å²) >= 11 is 0. The van der Waals surface area contributed by atoms with E-state index in [4.69, 9.17) is 9.84 Å². The van der Waals surface area contributed by atoms with Crippen molar-refractivity contribution in [1.82, 2.24) is 19.9 Å². The molecular weight excluding hydrogens is 419 g/mol. The number of halogens is 3. The van der Waals surface area contributed by atoms with Crippen LogP contribution in [0.1, 0.15) is 12.0 Å². The summed E-state index contributed by atoms with van der Waals surface area (Å²) in [5, 5.41) is 16.3. The molecule has 164 valence electrons. The summed E-state index contributed by atoms with van der Waals surface area (Å²) in [4.78, 5) is 25.9. The van der Waals surface area contributed by atoms with Gasteiger partial charge >= 0.3 is 6.09 Å². The van der Waals surface area contributed by atoms with Crippen molar-refractivity contribution in [3.8, 4) is 0 Å². The number of anilines is 1. The average Bonchev–Trinajstić information content (AvgIpc) is 3.40. The molecule has 12 heteroatoms. The molecule has 31 heavy (non-hydrogen) atoms. The van der Waals surface area contributed by atoms with E-state index in [-0.39, 0.29) is 38.2 Å². The number of aromatic nitrogens is 3. The molecule has 0 aliphatic carbocycles. The second-order valence-electron chi connectivity index (χ2n) is 7.10. The van der Waals surface area contributed by atoms with Gasteiger partial charge in [0.1, 0.15) is 18.5 Å². The number of hydrogen-bond acceptors (Lipinski definition) is 6. The average molecular weight is 437 g/mol. The zero-order chi connectivity index (χ0) is 22.1. The van der Waals surface area contributed by atoms with Crippen molar-refractivity contribution in [2.45, 2.75) is 19.1 Å². The first kappa shape index (κ1) is 20.8. The molecule has 1 N–H and O–H groups in total. The molecular formula is C19H18F3N5O4. The Balaban J connectivity index is 1.57. The Bertz CT molecular complexity index is 1040. The Morgan fingerprint density at radius 3 is 2.74 bits per heavy atom. The van der Waals surface area contributed by atoms with Crippen LogP contribution in [0.25, 0.3) is 5.57 Å². The molecule has 9 nitrogen and oxygen atoms in total. The first-order valence-electron chi connectivity index (χ1n) is 9.46. The number of amides is 2. The highest BCUT2D eigenvalue weighted by molar-refractivity contribution is 5.90. The van der Waals surface area contributed by atoms with Crippen molar-refractivity contribution in [3.63, 3.8) is 0 Å². The lowest BCUT2D eigenvalue weighted by atomic mass is 9.97. The molecule has 1 saturated heterocycles. The van der Waals surface area contributed by atoms with Crippen molar-refractivity contribution >= 4 is 23.3 Å². The molecule has 0 unspecified atom stereocenters. The Hall–Kier alpha value is -3.41. The molecule has 2 aliphatic heterocycles. The zero-order valence-electron chi connectivity index (χ0n) is 16.2. The van der Waals surface area contributed by atoms with Gasteiger partial charge in [0.25, 0.3) is 0 Å². The van der Waals surface area contributed by atoms with Crippen molar-refractivity contribution in [3.05, 3.63) is 47.6 Å². The topological polar surface area (TPSA) is 101 Å². The van der Waals surface area contributed by atoms with Gasteiger partial charge in [-0.3, -0.25) is 9.69 Å². The number of carbonyl (C=O) groups excluding carboxylic acids is 2. The van der Waals surface area contributed by atoms with E-state index in [1.165, 1.54) is 21.9 Å². The standard InChI is InChI=1S/C19H18F3N5O4/c20-13-7-14(27-9-12(31-19(27)30)8-26-6-3-23-24-26)17(21)18(22)16(13)11-1-4-25(5-2-11)15(29)10-28/h1,3,6-7,12,28H,2,4-5,8-10H2/t12-/m0/s1. The van der Waals surface area contributed by atoms with Gasteiger partial charge in [0.15, 0.2) is 11.6 Å². The van der Waals surface area contributed by atoms with Crippen LogP contribution in [0.3, 0.4) is 0 Å². The van der Waals surface area contributed by atoms with Gasteiger partial charge in [-0.1, -0.05) is 11.3 Å². The normalized spacial score (nSPS) is 18.9. The number of ether oxygens (including phenoxy) is 1. The molecule has 2 aromatic rings. The summed E-state index contributed by atoms with van der Waals surface area (Å²) in [5.74, 6) is -4.33. The predicted octanol–water partition coefficient (Wildman–Crippen LogP) is 1.33. The van der Waals surface area contributed by atoms with E-state index in [2.05, 4.69) is 10.3 Å². The van der Waals surface area contributed by atoms with Gasteiger partial charge in [-0.25, -0.2) is 22.6 Å². The van der Waals surface area contributed by atoms with E-state index < -0.39 is 53.4 Å². The maximum absolute atomic E-state index is 14.8. The van der Waals surface area contributed by atoms with Gasteiger partial charge < -0.3 is 14.7 Å². The Labute approximate surface area is 174 Å². The minimum atomic E-state index is -1.42. The summed E-state index contributed by atoms with van der Waals surface area (Å²) in [6.07, 6.45) is 2.87. The van der Waals surface area contributed by atoms with E-state index in [0.717, 1.165) is 11.0 Å². The first-order chi connectivity index (χ1) is 14.9. The van der Waals surface area contributed by atoms with Crippen LogP contribution in [0.5, 0.6) is 0 Å². The van der Waals surface area contributed by atoms with Gasteiger partial charge in [-0.05, 0) is 12.0 Å². The molecule has 0 bridgehead atoms. The third-order valence-electron chi connectivity index (χ3n) is 5.19. The summed E-state index contributed by atoms with van der Waals surface area (Å²) in [6, 6.07) is 0.763. The molecule has 1 aromatic heterocycles. The molecule has 2 aliphatic rings. The molecule has 0 saturated carbocycles. The number of nitrogens with zero attached hydrogens (tertiary/aromatic N) is 5. The quantitative estimate of drug-likeness (QED) is 0.709. The second-order valence-corrected chi connectivity index (χ2v) is 7.10. The smallest absolute Gasteiger partial charge is 0.414 e. The number of carbonyl (C=O) groups is 2. The van der Waals surface area contributed by atoms with Crippen LogP contribution in [0.2, 0.25) is 0 Å². The maximum atomic E-state index is 14.8. The number of cyclic esters (lactones) is 1. The summed E-state index contributed by atoms with van der Waals surface area (Å²) in [5.41, 5.74) is -0.891. The number of hydrogen-bond donors (Lipinski definition) is 1. The molecule has 1 atom stereocenters. The Kier molecular flexibility index (Phi) is 5.63. The number of aliphatic hydroxyl groups is 1. The summed E-state index contributed by atoms with van der Waals surface area (Å²) < 4.78 is 51.1. The minimum absolute atomic E-state index is 0.0411. The van der Waals surface area contributed by atoms with Crippen LogP contribution in [0.4, 0.5) is 23.7 Å². The van der Waals surface area contributed by atoms with Gasteiger partial charge in [0.05, 0.1) is 30.5 Å². The van der Waals surface area contributed by atoms with Crippen LogP contribution in [0, 0.1) is 17.5 Å². The lowest BCUT2D eigenvalue weighted by molar-refractivity contribution is -0.133. The zero-order valence-corrected chi connectivity index (χ0v) is 16.2. The Morgan fingerprint density at radius 1 is 1.29 bits per heavy atom. The SMILES string of the molecule is O=C(CO)N1CC=C(c2c(F)cc(N3C[C@H](Cn4ccnn4)OC3=O)c(F)c2F)CC1. The predicted molar refractivity (Wildman–Crippen MR) is 100 cm³/mol. The highest BCUT2D eigenvalue weighted by Crippen LogP contribution is 2.35. The van der Waals surface area contributed by atoms with Gasteiger partial charge in [0.2, 0.25) is 5.91 Å². The van der Waals surface area contributed by atoms with Gasteiger partial charge in [0, 0.05) is 25.4 Å². The van der Waals surface area contributed by atoms with Gasteiger partial charge in [-0.2, -0.15) is 0 Å². The molecule has 2 amide bonds. The number of rotatable bonds is 5. The highest BCUT2D eigenvalue weighted by atomic mass is 19.2. The van der Waals surface area contributed by atoms with Crippen LogP contribution >= 0.6 is 0 Å². The van der Waals surface area contributed by atoms with Crippen LogP contribution in [-0.2, 0) is 16.1 Å². The lowest BCUT2D eigenvalue weighted by Crippen LogP contribution is -2.36. The molecule has 0 spiro atoms. The molecule has 0 radical (unpaired) electrons. The summed E-state index contributed by atoms with van der Waals surface area (Å²) in [6.45, 7) is -0.452. The first-order valence-corrected chi connectivity index (χ1v) is 9.46. The number of aliphatic hydroxyl groups excluding tert-OH is 1.